The minimum absolute atomic E-state index is 0.0314. The van der Waals surface area contributed by atoms with E-state index in [0.717, 1.165) is 5.56 Å². The first kappa shape index (κ1) is 18.2. The lowest BCUT2D eigenvalue weighted by atomic mass is 10.1. The molecule has 5 nitrogen and oxygen atoms in total. The molecule has 0 unspecified atom stereocenters. The van der Waals surface area contributed by atoms with Crippen LogP contribution in [0.1, 0.15) is 22.8 Å². The van der Waals surface area contributed by atoms with Crippen LogP contribution in [0.2, 0.25) is 5.02 Å². The van der Waals surface area contributed by atoms with Crippen molar-refractivity contribution < 1.29 is 9.59 Å². The normalized spacial score (nSPS) is 10.7. The van der Waals surface area contributed by atoms with Crippen LogP contribution in [0, 0.1) is 18.3 Å². The van der Waals surface area contributed by atoms with Crippen molar-refractivity contribution in [2.45, 2.75) is 13.8 Å². The Hall–Kier alpha value is -3.10. The number of ketones is 1. The van der Waals surface area contributed by atoms with Crippen molar-refractivity contribution in [1.29, 1.82) is 5.26 Å². The molecule has 0 aliphatic rings. The van der Waals surface area contributed by atoms with Crippen LogP contribution in [0.5, 0.6) is 0 Å². The summed E-state index contributed by atoms with van der Waals surface area (Å²) in [6, 6.07) is 13.7. The average Bonchev–Trinajstić information content (AvgIpc) is 2.59. The van der Waals surface area contributed by atoms with Gasteiger partial charge in [-0.25, -0.2) is 0 Å². The molecular formula is C19H16ClN3O2. The summed E-state index contributed by atoms with van der Waals surface area (Å²) in [6.07, 6.45) is 1.32. The summed E-state index contributed by atoms with van der Waals surface area (Å²) in [5.74, 6) is -0.572. The number of carbonyl (C=O) groups excluding carboxylic acids is 2. The molecule has 0 saturated carbocycles. The fourth-order valence-corrected chi connectivity index (χ4v) is 2.20. The van der Waals surface area contributed by atoms with Gasteiger partial charge in [0.25, 0.3) is 5.91 Å². The summed E-state index contributed by atoms with van der Waals surface area (Å²) in [6.45, 7) is 3.31. The van der Waals surface area contributed by atoms with Crippen LogP contribution in [0.4, 0.5) is 11.4 Å². The van der Waals surface area contributed by atoms with Gasteiger partial charge in [0.05, 0.1) is 0 Å². The maximum atomic E-state index is 12.2. The number of benzene rings is 2. The van der Waals surface area contributed by atoms with E-state index in [0.29, 0.717) is 22.0 Å². The van der Waals surface area contributed by atoms with Crippen molar-refractivity contribution >= 4 is 34.7 Å². The van der Waals surface area contributed by atoms with Gasteiger partial charge in [-0.1, -0.05) is 17.7 Å². The molecule has 6 heteroatoms. The first-order valence-electron chi connectivity index (χ1n) is 7.46. The summed E-state index contributed by atoms with van der Waals surface area (Å²) in [5, 5.41) is 15.2. The number of carbonyl (C=O) groups is 2. The number of rotatable bonds is 5. The van der Waals surface area contributed by atoms with Crippen LogP contribution in [0.25, 0.3) is 0 Å². The van der Waals surface area contributed by atoms with Crippen LogP contribution >= 0.6 is 11.6 Å². The number of amides is 1. The van der Waals surface area contributed by atoms with Crippen LogP contribution in [-0.2, 0) is 4.79 Å². The molecule has 0 heterocycles. The fourth-order valence-electron chi connectivity index (χ4n) is 2.02. The van der Waals surface area contributed by atoms with E-state index in [2.05, 4.69) is 10.6 Å². The summed E-state index contributed by atoms with van der Waals surface area (Å²) < 4.78 is 0. The van der Waals surface area contributed by atoms with Gasteiger partial charge >= 0.3 is 0 Å². The number of anilines is 2. The van der Waals surface area contributed by atoms with Crippen LogP contribution in [0.15, 0.2) is 54.2 Å². The molecule has 0 radical (unpaired) electrons. The van der Waals surface area contributed by atoms with Gasteiger partial charge in [-0.3, -0.25) is 9.59 Å². The fraction of sp³-hybridized carbons (Fsp3) is 0.105. The predicted octanol–water partition coefficient (Wildman–Crippen LogP) is 4.31. The highest BCUT2D eigenvalue weighted by Crippen LogP contribution is 2.20. The third-order valence-electron chi connectivity index (χ3n) is 3.49. The standard InChI is InChI=1S/C19H16ClN3O2/c1-12-3-6-16(20)9-18(12)23-19(25)15(10-21)11-22-17-7-4-14(5-8-17)13(2)24/h3-9,11,22H,1-2H3,(H,23,25)/b15-11-. The van der Waals surface area contributed by atoms with Gasteiger partial charge in [-0.05, 0) is 55.8 Å². The van der Waals surface area contributed by atoms with Crippen molar-refractivity contribution in [1.82, 2.24) is 0 Å². The zero-order valence-electron chi connectivity index (χ0n) is 13.8. The monoisotopic (exact) mass is 353 g/mol. The molecule has 2 rings (SSSR count). The highest BCUT2D eigenvalue weighted by atomic mass is 35.5. The topological polar surface area (TPSA) is 82.0 Å². The second kappa shape index (κ2) is 8.13. The van der Waals surface area contributed by atoms with Gasteiger partial charge in [0.15, 0.2) is 5.78 Å². The number of Topliss-reactive ketones (excluding diaryl/α,β-unsaturated/α-hetero) is 1. The minimum Gasteiger partial charge on any atom is -0.360 e. The smallest absolute Gasteiger partial charge is 0.267 e. The summed E-state index contributed by atoms with van der Waals surface area (Å²) >= 11 is 5.92. The third-order valence-corrected chi connectivity index (χ3v) is 3.72. The van der Waals surface area contributed by atoms with Crippen LogP contribution in [0.3, 0.4) is 0 Å². The molecule has 0 spiro atoms. The molecule has 2 aromatic rings. The van der Waals surface area contributed by atoms with Crippen molar-refractivity contribution in [2.75, 3.05) is 10.6 Å². The number of nitrogens with zero attached hydrogens (tertiary/aromatic N) is 1. The van der Waals surface area contributed by atoms with E-state index in [4.69, 9.17) is 11.6 Å². The molecular weight excluding hydrogens is 338 g/mol. The molecule has 0 saturated heterocycles. The zero-order chi connectivity index (χ0) is 18.4. The molecule has 0 aromatic heterocycles. The molecule has 0 aliphatic heterocycles. The maximum absolute atomic E-state index is 12.2. The predicted molar refractivity (Wildman–Crippen MR) is 98.6 cm³/mol. The van der Waals surface area contributed by atoms with Crippen molar-refractivity contribution in [3.05, 3.63) is 70.4 Å². The highest BCUT2D eigenvalue weighted by molar-refractivity contribution is 6.31. The second-order valence-electron chi connectivity index (χ2n) is 5.36. The first-order valence-corrected chi connectivity index (χ1v) is 7.84. The zero-order valence-corrected chi connectivity index (χ0v) is 14.5. The van der Waals surface area contributed by atoms with E-state index in [1.54, 1.807) is 42.5 Å². The molecule has 2 N–H and O–H groups in total. The van der Waals surface area contributed by atoms with Crippen molar-refractivity contribution in [3.63, 3.8) is 0 Å². The SMILES string of the molecule is CC(=O)c1ccc(N/C=C(/C#N)C(=O)Nc2cc(Cl)ccc2C)cc1. The Morgan fingerprint density at radius 2 is 1.84 bits per heavy atom. The lowest BCUT2D eigenvalue weighted by Crippen LogP contribution is -2.15. The first-order chi connectivity index (χ1) is 11.9. The number of aryl methyl sites for hydroxylation is 1. The summed E-state index contributed by atoms with van der Waals surface area (Å²) in [7, 11) is 0. The van der Waals surface area contributed by atoms with E-state index in [-0.39, 0.29) is 11.4 Å². The maximum Gasteiger partial charge on any atom is 0.267 e. The van der Waals surface area contributed by atoms with E-state index in [1.165, 1.54) is 13.1 Å². The number of hydrogen-bond acceptors (Lipinski definition) is 4. The molecule has 1 amide bonds. The minimum atomic E-state index is -0.541. The number of hydrogen-bond donors (Lipinski definition) is 2. The summed E-state index contributed by atoms with van der Waals surface area (Å²) in [5.41, 5.74) is 2.54. The Kier molecular flexibility index (Phi) is 5.93. The van der Waals surface area contributed by atoms with Gasteiger partial charge < -0.3 is 10.6 Å². The van der Waals surface area contributed by atoms with Gasteiger partial charge in [0, 0.05) is 28.2 Å². The highest BCUT2D eigenvalue weighted by Gasteiger charge is 2.11. The quantitative estimate of drug-likeness (QED) is 0.476. The molecule has 0 bridgehead atoms. The third kappa shape index (κ3) is 4.93. The number of nitrogens with one attached hydrogen (secondary N) is 2. The van der Waals surface area contributed by atoms with Gasteiger partial charge in [0.1, 0.15) is 11.6 Å². The molecule has 0 fully saturated rings. The Bertz CT molecular complexity index is 881. The van der Waals surface area contributed by atoms with E-state index < -0.39 is 5.91 Å². The van der Waals surface area contributed by atoms with Crippen LogP contribution < -0.4 is 10.6 Å². The Morgan fingerprint density at radius 1 is 1.16 bits per heavy atom. The van der Waals surface area contributed by atoms with Gasteiger partial charge in [-0.15, -0.1) is 0 Å². The van der Waals surface area contributed by atoms with Crippen LogP contribution in [-0.4, -0.2) is 11.7 Å². The lowest BCUT2D eigenvalue weighted by molar-refractivity contribution is -0.112. The van der Waals surface area contributed by atoms with E-state index >= 15 is 0 Å². The van der Waals surface area contributed by atoms with Gasteiger partial charge in [0.2, 0.25) is 0 Å². The number of halogens is 1. The molecule has 0 aliphatic carbocycles. The van der Waals surface area contributed by atoms with Crippen molar-refractivity contribution in [2.24, 2.45) is 0 Å². The lowest BCUT2D eigenvalue weighted by Gasteiger charge is -2.08. The largest absolute Gasteiger partial charge is 0.360 e. The average molecular weight is 354 g/mol. The molecule has 2 aromatic carbocycles. The second-order valence-corrected chi connectivity index (χ2v) is 5.80. The molecule has 25 heavy (non-hydrogen) atoms. The number of nitriles is 1. The Balaban J connectivity index is 2.11. The van der Waals surface area contributed by atoms with Gasteiger partial charge in [-0.2, -0.15) is 5.26 Å². The van der Waals surface area contributed by atoms with E-state index in [1.807, 2.05) is 13.0 Å². The van der Waals surface area contributed by atoms with Crippen molar-refractivity contribution in [3.8, 4) is 6.07 Å². The Labute approximate surface area is 150 Å². The molecule has 0 atom stereocenters. The summed E-state index contributed by atoms with van der Waals surface area (Å²) in [4.78, 5) is 23.5. The Morgan fingerprint density at radius 3 is 2.44 bits per heavy atom. The van der Waals surface area contributed by atoms with E-state index in [9.17, 15) is 14.9 Å². The molecule has 126 valence electrons.